The number of piperidine rings is 1. The maximum Gasteiger partial charge on any atom is 0.212 e. The van der Waals surface area contributed by atoms with E-state index in [1.54, 1.807) is 18.6 Å². The van der Waals surface area contributed by atoms with Crippen molar-refractivity contribution in [2.75, 3.05) is 38.2 Å². The Balaban J connectivity index is 1.50. The van der Waals surface area contributed by atoms with E-state index in [0.29, 0.717) is 11.3 Å². The van der Waals surface area contributed by atoms with Crippen molar-refractivity contribution in [1.82, 2.24) is 20.3 Å². The molecule has 6 nitrogen and oxygen atoms in total. The van der Waals surface area contributed by atoms with E-state index >= 15 is 0 Å². The monoisotopic (exact) mass is 362 g/mol. The van der Waals surface area contributed by atoms with E-state index in [4.69, 9.17) is 6.11 Å². The molecule has 2 aliphatic heterocycles. The molecule has 0 aliphatic carbocycles. The number of hydrogen-bond acceptors (Lipinski definition) is 6. The van der Waals surface area contributed by atoms with Gasteiger partial charge in [-0.1, -0.05) is 6.07 Å². The van der Waals surface area contributed by atoms with Crippen molar-refractivity contribution in [3.8, 4) is 17.0 Å². The number of nitrogens with zero attached hydrogens (tertiary/aromatic N) is 4. The van der Waals surface area contributed by atoms with Crippen LogP contribution in [0.5, 0.6) is 5.88 Å². The molecule has 5 rings (SSSR count). The average molecular weight is 362 g/mol. The van der Waals surface area contributed by atoms with Crippen molar-refractivity contribution in [2.24, 2.45) is 5.41 Å². The molecule has 0 amide bonds. The molecule has 27 heavy (non-hydrogen) atoms. The Bertz CT molecular complexity index is 1030. The molecular formula is C21H23N5O. The normalized spacial score (nSPS) is 19.0. The molecule has 2 aromatic heterocycles. The van der Waals surface area contributed by atoms with Crippen LogP contribution in [0.3, 0.4) is 0 Å². The molecule has 0 unspecified atom stereocenters. The summed E-state index contributed by atoms with van der Waals surface area (Å²) in [7, 11) is 1.53. The average Bonchev–Trinajstić information content (AvgIpc) is 2.72. The zero-order chi connectivity index (χ0) is 19.1. The Morgan fingerprint density at radius 1 is 1.11 bits per heavy atom. The van der Waals surface area contributed by atoms with Crippen LogP contribution in [0, 0.1) is 5.41 Å². The maximum absolute atomic E-state index is 8.06. The number of ether oxygens (including phenoxy) is 1. The Hall–Kier alpha value is -2.73. The molecule has 0 atom stereocenters. The van der Waals surface area contributed by atoms with Gasteiger partial charge < -0.3 is 15.0 Å². The zero-order valence-electron chi connectivity index (χ0n) is 16.4. The number of aromatic nitrogens is 3. The lowest BCUT2D eigenvalue weighted by Gasteiger charge is -2.48. The first-order valence-electron chi connectivity index (χ1n) is 9.89. The van der Waals surface area contributed by atoms with E-state index in [9.17, 15) is 0 Å². The van der Waals surface area contributed by atoms with Crippen molar-refractivity contribution in [3.05, 3.63) is 42.8 Å². The van der Waals surface area contributed by atoms with E-state index < -0.39 is 0 Å². The minimum atomic E-state index is 0.278. The third-order valence-corrected chi connectivity index (χ3v) is 5.94. The van der Waals surface area contributed by atoms with Crippen molar-refractivity contribution < 1.29 is 6.11 Å². The van der Waals surface area contributed by atoms with E-state index in [1.165, 1.54) is 20.0 Å². The van der Waals surface area contributed by atoms with Crippen LogP contribution in [0.2, 0.25) is 0 Å². The molecule has 3 aromatic rings. The van der Waals surface area contributed by atoms with Crippen molar-refractivity contribution in [1.29, 1.82) is 0 Å². The van der Waals surface area contributed by atoms with Crippen molar-refractivity contribution >= 4 is 16.7 Å². The molecule has 6 heteroatoms. The minimum absolute atomic E-state index is 0.278. The van der Waals surface area contributed by atoms with E-state index in [0.717, 1.165) is 54.0 Å². The SMILES string of the molecule is [2H]c1cc(-c2ccc3ncnc(N4CCC5(CC4)CNC5)c3c2)cnc1OC. The number of benzene rings is 1. The Kier molecular flexibility index (Phi) is 3.67. The first kappa shape index (κ1) is 15.3. The number of pyridine rings is 1. The van der Waals surface area contributed by atoms with E-state index in [1.807, 2.05) is 12.1 Å². The van der Waals surface area contributed by atoms with Crippen LogP contribution in [0.4, 0.5) is 5.82 Å². The Morgan fingerprint density at radius 3 is 2.67 bits per heavy atom. The van der Waals surface area contributed by atoms with Gasteiger partial charge in [-0.2, -0.15) is 0 Å². The lowest BCUT2D eigenvalue weighted by Crippen LogP contribution is -2.58. The summed E-state index contributed by atoms with van der Waals surface area (Å²) >= 11 is 0. The van der Waals surface area contributed by atoms with Crippen LogP contribution in [-0.4, -0.2) is 48.2 Å². The first-order chi connectivity index (χ1) is 13.7. The van der Waals surface area contributed by atoms with Crippen LogP contribution < -0.4 is 15.0 Å². The van der Waals surface area contributed by atoms with E-state index in [2.05, 4.69) is 31.2 Å². The number of methoxy groups -OCH3 is 1. The fourth-order valence-electron chi connectivity index (χ4n) is 4.11. The quantitative estimate of drug-likeness (QED) is 0.773. The lowest BCUT2D eigenvalue weighted by atomic mass is 9.73. The molecule has 4 heterocycles. The predicted molar refractivity (Wildman–Crippen MR) is 106 cm³/mol. The van der Waals surface area contributed by atoms with Crippen molar-refractivity contribution in [3.63, 3.8) is 0 Å². The maximum atomic E-state index is 8.06. The van der Waals surface area contributed by atoms with Crippen LogP contribution in [-0.2, 0) is 0 Å². The third-order valence-electron chi connectivity index (χ3n) is 5.94. The molecule has 138 valence electrons. The summed E-state index contributed by atoms with van der Waals surface area (Å²) < 4.78 is 13.2. The second kappa shape index (κ2) is 6.46. The Morgan fingerprint density at radius 2 is 1.96 bits per heavy atom. The zero-order valence-corrected chi connectivity index (χ0v) is 15.4. The lowest BCUT2D eigenvalue weighted by molar-refractivity contribution is 0.126. The second-order valence-electron chi connectivity index (χ2n) is 7.53. The molecule has 0 radical (unpaired) electrons. The summed E-state index contributed by atoms with van der Waals surface area (Å²) in [4.78, 5) is 15.7. The highest BCUT2D eigenvalue weighted by atomic mass is 16.5. The van der Waals surface area contributed by atoms with E-state index in [-0.39, 0.29) is 6.04 Å². The van der Waals surface area contributed by atoms with Gasteiger partial charge in [0.15, 0.2) is 0 Å². The van der Waals surface area contributed by atoms with Crippen LogP contribution in [0.1, 0.15) is 14.2 Å². The predicted octanol–water partition coefficient (Wildman–Crippen LogP) is 2.89. The van der Waals surface area contributed by atoms with Gasteiger partial charge in [-0.15, -0.1) is 0 Å². The fraction of sp³-hybridized carbons (Fsp3) is 0.381. The first-order valence-corrected chi connectivity index (χ1v) is 9.39. The molecule has 1 N–H and O–H groups in total. The summed E-state index contributed by atoms with van der Waals surface area (Å²) in [5, 5.41) is 4.47. The second-order valence-corrected chi connectivity index (χ2v) is 7.53. The molecule has 1 spiro atoms. The topological polar surface area (TPSA) is 63.2 Å². The smallest absolute Gasteiger partial charge is 0.212 e. The summed E-state index contributed by atoms with van der Waals surface area (Å²) in [5.41, 5.74) is 3.33. The van der Waals surface area contributed by atoms with Gasteiger partial charge >= 0.3 is 0 Å². The molecular weight excluding hydrogens is 338 g/mol. The Labute approximate surface area is 160 Å². The van der Waals surface area contributed by atoms with Crippen LogP contribution in [0.15, 0.2) is 42.8 Å². The molecule has 2 saturated heterocycles. The summed E-state index contributed by atoms with van der Waals surface area (Å²) in [6.45, 7) is 4.35. The molecule has 0 saturated carbocycles. The highest BCUT2D eigenvalue weighted by molar-refractivity contribution is 5.92. The highest BCUT2D eigenvalue weighted by Gasteiger charge is 2.40. The number of nitrogens with one attached hydrogen (secondary N) is 1. The van der Waals surface area contributed by atoms with Crippen LogP contribution >= 0.6 is 0 Å². The number of rotatable bonds is 3. The van der Waals surface area contributed by atoms with Gasteiger partial charge in [0.2, 0.25) is 5.88 Å². The van der Waals surface area contributed by atoms with Gasteiger partial charge in [0.05, 0.1) is 14.0 Å². The number of anilines is 1. The third kappa shape index (κ3) is 2.90. The summed E-state index contributed by atoms with van der Waals surface area (Å²) in [6.07, 6.45) is 5.81. The molecule has 2 aliphatic rings. The largest absolute Gasteiger partial charge is 0.481 e. The number of fused-ring (bicyclic) bond motifs is 1. The molecule has 2 fully saturated rings. The van der Waals surface area contributed by atoms with Gasteiger partial charge in [0.1, 0.15) is 12.1 Å². The minimum Gasteiger partial charge on any atom is -0.481 e. The van der Waals surface area contributed by atoms with Crippen LogP contribution in [0.25, 0.3) is 22.0 Å². The highest BCUT2D eigenvalue weighted by Crippen LogP contribution is 2.37. The standard InChI is InChI=1S/C21H23N5O/c1-27-19-5-3-16(11-23-19)15-2-4-18-17(10-15)20(25-14-24-18)26-8-6-21(7-9-26)12-22-13-21/h2-5,10-11,14,22H,6-9,12-13H2,1H3/i5D. The van der Waals surface area contributed by atoms with Gasteiger partial charge in [0.25, 0.3) is 0 Å². The summed E-state index contributed by atoms with van der Waals surface area (Å²) in [6, 6.07) is 8.21. The van der Waals surface area contributed by atoms with Gasteiger partial charge in [0, 0.05) is 49.4 Å². The van der Waals surface area contributed by atoms with Crippen molar-refractivity contribution in [2.45, 2.75) is 12.8 Å². The van der Waals surface area contributed by atoms with Gasteiger partial charge in [-0.3, -0.25) is 0 Å². The summed E-state index contributed by atoms with van der Waals surface area (Å²) in [5.74, 6) is 1.34. The van der Waals surface area contributed by atoms with Gasteiger partial charge in [-0.05, 0) is 42.0 Å². The molecule has 0 bridgehead atoms. The fourth-order valence-corrected chi connectivity index (χ4v) is 4.11. The number of hydrogen-bond donors (Lipinski definition) is 1. The van der Waals surface area contributed by atoms with Gasteiger partial charge in [-0.25, -0.2) is 15.0 Å². The molecule has 1 aromatic carbocycles.